The maximum Gasteiger partial charge on any atom is 0.0683 e. The second-order valence-corrected chi connectivity index (χ2v) is 1.89. The molecule has 4 nitrogen and oxygen atoms in total. The number of hydrogen-bond donors (Lipinski definition) is 3. The van der Waals surface area contributed by atoms with Crippen LogP contribution in [0.1, 0.15) is 6.42 Å². The van der Waals surface area contributed by atoms with E-state index in [0.717, 1.165) is 0 Å². The van der Waals surface area contributed by atoms with Gasteiger partial charge >= 0.3 is 0 Å². The molecule has 0 rings (SSSR count). The average Bonchev–Trinajstić information content (AvgIpc) is 1.91. The van der Waals surface area contributed by atoms with Crippen LogP contribution in [0.3, 0.4) is 0 Å². The number of aliphatic hydroxyl groups is 2. The largest absolute Gasteiger partial charge is 0.396 e. The number of hydrogen-bond acceptors (Lipinski definition) is 4. The molecule has 0 spiro atoms. The van der Waals surface area contributed by atoms with Crippen LogP contribution in [0, 0.1) is 5.92 Å². The van der Waals surface area contributed by atoms with Crippen molar-refractivity contribution in [3.05, 3.63) is 0 Å². The first-order valence-corrected chi connectivity index (χ1v) is 2.88. The maximum atomic E-state index is 8.50. The molecule has 0 aliphatic heterocycles. The highest BCUT2D eigenvalue weighted by molar-refractivity contribution is 4.53. The van der Waals surface area contributed by atoms with Gasteiger partial charge in [-0.1, -0.05) is 0 Å². The Labute approximate surface area is 54.2 Å². The van der Waals surface area contributed by atoms with E-state index in [1.165, 1.54) is 0 Å². The Hall–Kier alpha value is -0.160. The molecule has 0 radical (unpaired) electrons. The van der Waals surface area contributed by atoms with E-state index in [-0.39, 0.29) is 19.1 Å². The van der Waals surface area contributed by atoms with E-state index < -0.39 is 0 Å². The summed E-state index contributed by atoms with van der Waals surface area (Å²) in [5.74, 6) is 4.63. The van der Waals surface area contributed by atoms with Gasteiger partial charge in [-0.25, -0.2) is 5.90 Å². The highest BCUT2D eigenvalue weighted by Crippen LogP contribution is 1.98. The number of rotatable bonds is 5. The van der Waals surface area contributed by atoms with Gasteiger partial charge in [0.1, 0.15) is 0 Å². The molecule has 0 heterocycles. The molecule has 0 aromatic carbocycles. The van der Waals surface area contributed by atoms with Crippen molar-refractivity contribution in [1.82, 2.24) is 0 Å². The fraction of sp³-hybridized carbons (Fsp3) is 1.00. The Morgan fingerprint density at radius 2 is 1.89 bits per heavy atom. The van der Waals surface area contributed by atoms with Crippen molar-refractivity contribution in [2.24, 2.45) is 11.8 Å². The lowest BCUT2D eigenvalue weighted by Crippen LogP contribution is -2.15. The first-order chi connectivity index (χ1) is 4.35. The molecule has 0 aliphatic carbocycles. The minimum absolute atomic E-state index is 0.0140. The molecule has 0 aromatic rings. The zero-order valence-electron chi connectivity index (χ0n) is 5.29. The molecule has 0 amide bonds. The Morgan fingerprint density at radius 3 is 2.22 bits per heavy atom. The third-order valence-electron chi connectivity index (χ3n) is 1.16. The molecule has 0 aliphatic rings. The number of nitrogens with two attached hydrogens (primary N) is 1. The van der Waals surface area contributed by atoms with Crippen LogP contribution in [-0.2, 0) is 4.84 Å². The monoisotopic (exact) mass is 135 g/mol. The summed E-state index contributed by atoms with van der Waals surface area (Å²) >= 11 is 0. The molecule has 0 saturated carbocycles. The summed E-state index contributed by atoms with van der Waals surface area (Å²) in [7, 11) is 0. The molecular formula is C5H13NO3. The third-order valence-corrected chi connectivity index (χ3v) is 1.16. The van der Waals surface area contributed by atoms with Gasteiger partial charge in [0.25, 0.3) is 0 Å². The van der Waals surface area contributed by atoms with Crippen LogP contribution >= 0.6 is 0 Å². The van der Waals surface area contributed by atoms with Crippen molar-refractivity contribution in [3.8, 4) is 0 Å². The lowest BCUT2D eigenvalue weighted by molar-refractivity contribution is 0.0847. The first kappa shape index (κ1) is 8.84. The summed E-state index contributed by atoms with van der Waals surface area (Å²) in [5, 5.41) is 17.0. The summed E-state index contributed by atoms with van der Waals surface area (Å²) in [4.78, 5) is 4.25. The van der Waals surface area contributed by atoms with Gasteiger partial charge in [-0.05, 0) is 6.42 Å². The second kappa shape index (κ2) is 5.97. The van der Waals surface area contributed by atoms with E-state index in [1.54, 1.807) is 0 Å². The predicted octanol–water partition coefficient (Wildman–Crippen LogP) is -1.13. The van der Waals surface area contributed by atoms with Gasteiger partial charge < -0.3 is 15.1 Å². The molecule has 9 heavy (non-hydrogen) atoms. The van der Waals surface area contributed by atoms with Crippen LogP contribution in [0.5, 0.6) is 0 Å². The summed E-state index contributed by atoms with van der Waals surface area (Å²) in [6.07, 6.45) is 0.601. The van der Waals surface area contributed by atoms with Gasteiger partial charge in [-0.3, -0.25) is 0 Å². The Morgan fingerprint density at radius 1 is 1.33 bits per heavy atom. The van der Waals surface area contributed by atoms with Crippen LogP contribution in [0.2, 0.25) is 0 Å². The maximum absolute atomic E-state index is 8.50. The minimum atomic E-state index is -0.0893. The Kier molecular flexibility index (Phi) is 5.86. The normalized spacial score (nSPS) is 10.7. The molecule has 4 N–H and O–H groups in total. The van der Waals surface area contributed by atoms with Crippen LogP contribution in [0.4, 0.5) is 0 Å². The molecular weight excluding hydrogens is 122 g/mol. The summed E-state index contributed by atoms with van der Waals surface area (Å²) in [6.45, 7) is 0.353. The van der Waals surface area contributed by atoms with Crippen molar-refractivity contribution in [3.63, 3.8) is 0 Å². The zero-order chi connectivity index (χ0) is 7.11. The Bertz CT molecular complexity index is 56.2. The summed E-state index contributed by atoms with van der Waals surface area (Å²) < 4.78 is 0. The standard InChI is InChI=1S/C5H13NO3/c6-9-2-1-5(3-7)4-8/h5,7-8H,1-4,6H2. The highest BCUT2D eigenvalue weighted by atomic mass is 16.6. The van der Waals surface area contributed by atoms with Crippen molar-refractivity contribution in [2.45, 2.75) is 6.42 Å². The smallest absolute Gasteiger partial charge is 0.0683 e. The first-order valence-electron chi connectivity index (χ1n) is 2.88. The Balaban J connectivity index is 3.09. The van der Waals surface area contributed by atoms with Crippen LogP contribution in [0.15, 0.2) is 0 Å². The van der Waals surface area contributed by atoms with Crippen molar-refractivity contribution in [1.29, 1.82) is 0 Å². The van der Waals surface area contributed by atoms with E-state index in [2.05, 4.69) is 4.84 Å². The van der Waals surface area contributed by atoms with Crippen LogP contribution < -0.4 is 5.90 Å². The second-order valence-electron chi connectivity index (χ2n) is 1.89. The molecule has 0 fully saturated rings. The topological polar surface area (TPSA) is 75.7 Å². The van der Waals surface area contributed by atoms with Gasteiger partial charge in [0.15, 0.2) is 0 Å². The molecule has 0 aromatic heterocycles. The van der Waals surface area contributed by atoms with Crippen molar-refractivity contribution < 1.29 is 15.1 Å². The van der Waals surface area contributed by atoms with Crippen LogP contribution in [0.25, 0.3) is 0 Å². The van der Waals surface area contributed by atoms with Gasteiger partial charge in [0.05, 0.1) is 6.61 Å². The van der Waals surface area contributed by atoms with Crippen molar-refractivity contribution >= 4 is 0 Å². The molecule has 0 bridgehead atoms. The SMILES string of the molecule is NOCCC(CO)CO. The lowest BCUT2D eigenvalue weighted by atomic mass is 10.1. The minimum Gasteiger partial charge on any atom is -0.396 e. The summed E-state index contributed by atoms with van der Waals surface area (Å²) in [6, 6.07) is 0. The van der Waals surface area contributed by atoms with E-state index in [1.807, 2.05) is 0 Å². The van der Waals surface area contributed by atoms with E-state index >= 15 is 0 Å². The van der Waals surface area contributed by atoms with E-state index in [4.69, 9.17) is 16.1 Å². The lowest BCUT2D eigenvalue weighted by Gasteiger charge is -2.07. The van der Waals surface area contributed by atoms with Gasteiger partial charge in [-0.15, -0.1) is 0 Å². The van der Waals surface area contributed by atoms with Crippen molar-refractivity contribution in [2.75, 3.05) is 19.8 Å². The molecule has 0 atom stereocenters. The van der Waals surface area contributed by atoms with E-state index in [9.17, 15) is 0 Å². The quantitative estimate of drug-likeness (QED) is 0.417. The number of aliphatic hydroxyl groups excluding tert-OH is 2. The molecule has 0 saturated heterocycles. The van der Waals surface area contributed by atoms with Gasteiger partial charge in [0, 0.05) is 19.1 Å². The fourth-order valence-electron chi connectivity index (χ4n) is 0.475. The molecule has 56 valence electrons. The predicted molar refractivity (Wildman–Crippen MR) is 32.4 cm³/mol. The highest BCUT2D eigenvalue weighted by Gasteiger charge is 2.03. The zero-order valence-corrected chi connectivity index (χ0v) is 5.29. The van der Waals surface area contributed by atoms with Gasteiger partial charge in [-0.2, -0.15) is 0 Å². The average molecular weight is 135 g/mol. The van der Waals surface area contributed by atoms with E-state index in [0.29, 0.717) is 13.0 Å². The summed E-state index contributed by atoms with van der Waals surface area (Å²) in [5.41, 5.74) is 0. The van der Waals surface area contributed by atoms with Crippen LogP contribution in [-0.4, -0.2) is 30.0 Å². The molecule has 4 heteroatoms. The van der Waals surface area contributed by atoms with Gasteiger partial charge in [0.2, 0.25) is 0 Å². The third kappa shape index (κ3) is 4.35. The fourth-order valence-corrected chi connectivity index (χ4v) is 0.475. The molecule has 0 unspecified atom stereocenters.